The predicted octanol–water partition coefficient (Wildman–Crippen LogP) is 2.53. The van der Waals surface area contributed by atoms with Crippen molar-refractivity contribution in [3.8, 4) is 0 Å². The lowest BCUT2D eigenvalue weighted by Gasteiger charge is -2.38. The molecule has 0 spiro atoms. The van der Waals surface area contributed by atoms with E-state index in [1.54, 1.807) is 31.2 Å². The highest BCUT2D eigenvalue weighted by Crippen LogP contribution is 2.39. The molecule has 4 rings (SSSR count). The van der Waals surface area contributed by atoms with Gasteiger partial charge in [0, 0.05) is 44.2 Å². The van der Waals surface area contributed by atoms with Crippen LogP contribution >= 0.6 is 0 Å². The number of carbonyl (C=O) groups excluding carboxylic acids is 1. The van der Waals surface area contributed by atoms with Gasteiger partial charge in [-0.25, -0.2) is 17.2 Å². The van der Waals surface area contributed by atoms with Crippen molar-refractivity contribution in [2.45, 2.75) is 48.3 Å². The van der Waals surface area contributed by atoms with Gasteiger partial charge in [0.1, 0.15) is 23.8 Å². The topological polar surface area (TPSA) is 108 Å². The van der Waals surface area contributed by atoms with E-state index in [1.165, 1.54) is 0 Å². The number of ether oxygens (including phenoxy) is 2. The van der Waals surface area contributed by atoms with Crippen molar-refractivity contribution in [1.29, 1.82) is 0 Å². The number of carbonyl (C=O) groups is 1. The lowest BCUT2D eigenvalue weighted by Crippen LogP contribution is -2.53. The zero-order chi connectivity index (χ0) is 25.2. The van der Waals surface area contributed by atoms with Gasteiger partial charge in [-0.2, -0.15) is 0 Å². The van der Waals surface area contributed by atoms with Crippen molar-refractivity contribution >= 4 is 15.7 Å². The van der Waals surface area contributed by atoms with Crippen molar-refractivity contribution in [1.82, 2.24) is 5.32 Å². The van der Waals surface area contributed by atoms with Crippen LogP contribution in [0.25, 0.3) is 0 Å². The van der Waals surface area contributed by atoms with Gasteiger partial charge in [-0.3, -0.25) is 4.79 Å². The van der Waals surface area contributed by atoms with E-state index in [1.807, 2.05) is 6.07 Å². The van der Waals surface area contributed by atoms with Crippen molar-refractivity contribution in [2.24, 2.45) is 5.73 Å². The maximum absolute atomic E-state index is 15.4. The van der Waals surface area contributed by atoms with Gasteiger partial charge in [0.2, 0.25) is 5.91 Å². The fourth-order valence-corrected chi connectivity index (χ4v) is 7.38. The van der Waals surface area contributed by atoms with E-state index in [0.717, 1.165) is 12.1 Å². The number of hydrogen-bond acceptors (Lipinski definition) is 6. The molecule has 2 aliphatic rings. The molecule has 7 nitrogen and oxygen atoms in total. The van der Waals surface area contributed by atoms with E-state index in [2.05, 4.69) is 5.32 Å². The van der Waals surface area contributed by atoms with E-state index in [4.69, 9.17) is 15.2 Å². The quantitative estimate of drug-likeness (QED) is 0.595. The summed E-state index contributed by atoms with van der Waals surface area (Å²) in [7, 11) is -3.70. The molecule has 2 aromatic rings. The van der Waals surface area contributed by atoms with E-state index in [0.29, 0.717) is 5.56 Å². The Morgan fingerprint density at radius 1 is 1.17 bits per heavy atom. The Labute approximate surface area is 203 Å². The molecule has 35 heavy (non-hydrogen) atoms. The van der Waals surface area contributed by atoms with Gasteiger partial charge >= 0.3 is 0 Å². The van der Waals surface area contributed by atoms with Gasteiger partial charge in [-0.1, -0.05) is 30.3 Å². The van der Waals surface area contributed by atoms with Crippen LogP contribution in [0.2, 0.25) is 0 Å². The summed E-state index contributed by atoms with van der Waals surface area (Å²) >= 11 is 0. The minimum absolute atomic E-state index is 0.0249. The van der Waals surface area contributed by atoms with Crippen LogP contribution in [0, 0.1) is 11.6 Å². The zero-order valence-electron chi connectivity index (χ0n) is 19.5. The molecule has 190 valence electrons. The Kier molecular flexibility index (Phi) is 7.56. The van der Waals surface area contributed by atoms with Crippen LogP contribution in [0.15, 0.2) is 42.5 Å². The summed E-state index contributed by atoms with van der Waals surface area (Å²) in [6, 6.07) is 10.5. The van der Waals surface area contributed by atoms with Crippen molar-refractivity contribution in [3.63, 3.8) is 0 Å². The molecule has 3 N–H and O–H groups in total. The number of halogens is 2. The zero-order valence-corrected chi connectivity index (χ0v) is 20.3. The molecule has 0 radical (unpaired) electrons. The standard InChI is InChI=1S/C25H30F2N2O5S/c1-16-22(35(31,32)23(14-29-16)17-5-3-2-4-6-17)12-18-11-21(27)19(13-20(18)26)25(34-15-24(28)30)7-9-33-10-8-25/h2-6,11,13,16,22-23,29H,7-10,12,14-15H2,1H3,(H2,28,30)/t16-,22?,23-/m0/s1. The molecule has 0 bridgehead atoms. The molecule has 0 aliphatic carbocycles. The Morgan fingerprint density at radius 3 is 2.51 bits per heavy atom. The molecule has 2 saturated heterocycles. The monoisotopic (exact) mass is 508 g/mol. The minimum Gasteiger partial charge on any atom is -0.381 e. The Hall–Kier alpha value is -2.40. The van der Waals surface area contributed by atoms with Crippen LogP contribution < -0.4 is 11.1 Å². The summed E-state index contributed by atoms with van der Waals surface area (Å²) in [6.45, 7) is 2.06. The Morgan fingerprint density at radius 2 is 1.86 bits per heavy atom. The van der Waals surface area contributed by atoms with E-state index < -0.39 is 56.1 Å². The molecule has 0 aromatic heterocycles. The van der Waals surface area contributed by atoms with Crippen LogP contribution in [0.3, 0.4) is 0 Å². The highest BCUT2D eigenvalue weighted by atomic mass is 32.2. The van der Waals surface area contributed by atoms with Gasteiger partial charge in [-0.15, -0.1) is 0 Å². The van der Waals surface area contributed by atoms with E-state index in [-0.39, 0.29) is 50.1 Å². The maximum Gasteiger partial charge on any atom is 0.243 e. The number of amides is 1. The average molecular weight is 509 g/mol. The Bertz CT molecular complexity index is 1170. The number of nitrogens with two attached hydrogens (primary N) is 1. The molecule has 2 fully saturated rings. The summed E-state index contributed by atoms with van der Waals surface area (Å²) in [5.41, 5.74) is 4.57. The Balaban J connectivity index is 1.64. The fourth-order valence-electron chi connectivity index (χ4n) is 5.02. The minimum atomic E-state index is -3.70. The first-order valence-electron chi connectivity index (χ1n) is 11.6. The molecule has 2 aromatic carbocycles. The lowest BCUT2D eigenvalue weighted by atomic mass is 9.84. The number of rotatable bonds is 7. The van der Waals surface area contributed by atoms with Crippen molar-refractivity contribution in [3.05, 3.63) is 70.8 Å². The average Bonchev–Trinajstić information content (AvgIpc) is 2.83. The molecule has 1 unspecified atom stereocenters. The van der Waals surface area contributed by atoms with Gasteiger partial charge in [0.25, 0.3) is 0 Å². The SMILES string of the molecule is C[C@@H]1NC[C@@H](c2ccccc2)S(=O)(=O)C1Cc1cc(F)c(C2(OCC(N)=O)CCOCC2)cc1F. The van der Waals surface area contributed by atoms with Crippen LogP contribution in [0.1, 0.15) is 41.7 Å². The van der Waals surface area contributed by atoms with E-state index >= 15 is 8.78 Å². The second kappa shape index (κ2) is 10.3. The second-order valence-electron chi connectivity index (χ2n) is 9.21. The van der Waals surface area contributed by atoms with Gasteiger partial charge in [-0.05, 0) is 36.6 Å². The third-order valence-electron chi connectivity index (χ3n) is 7.01. The number of sulfone groups is 1. The smallest absolute Gasteiger partial charge is 0.243 e. The number of primary amides is 1. The first-order valence-corrected chi connectivity index (χ1v) is 13.2. The summed E-state index contributed by atoms with van der Waals surface area (Å²) in [5, 5.41) is 1.50. The summed E-state index contributed by atoms with van der Waals surface area (Å²) in [4.78, 5) is 11.3. The van der Waals surface area contributed by atoms with Gasteiger partial charge in [0.15, 0.2) is 9.84 Å². The van der Waals surface area contributed by atoms with Gasteiger partial charge in [0.05, 0.1) is 10.5 Å². The van der Waals surface area contributed by atoms with Crippen molar-refractivity contribution < 1.29 is 31.5 Å². The molecule has 3 atom stereocenters. The molecule has 2 heterocycles. The largest absolute Gasteiger partial charge is 0.381 e. The van der Waals surface area contributed by atoms with Crippen LogP contribution in [-0.2, 0) is 36.1 Å². The summed E-state index contributed by atoms with van der Waals surface area (Å²) in [6.07, 6.45) is 0.278. The molecular weight excluding hydrogens is 478 g/mol. The first kappa shape index (κ1) is 25.7. The maximum atomic E-state index is 15.4. The number of benzene rings is 2. The predicted molar refractivity (Wildman–Crippen MR) is 126 cm³/mol. The molecular formula is C25H30F2N2O5S. The van der Waals surface area contributed by atoms with E-state index in [9.17, 15) is 13.2 Å². The molecule has 2 aliphatic heterocycles. The lowest BCUT2D eigenvalue weighted by molar-refractivity contribution is -0.144. The number of hydrogen-bond donors (Lipinski definition) is 2. The summed E-state index contributed by atoms with van der Waals surface area (Å²) in [5.74, 6) is -2.16. The fraction of sp³-hybridized carbons (Fsp3) is 0.480. The molecule has 1 amide bonds. The highest BCUT2D eigenvalue weighted by molar-refractivity contribution is 7.92. The second-order valence-corrected chi connectivity index (χ2v) is 11.6. The molecule has 10 heteroatoms. The van der Waals surface area contributed by atoms with Crippen molar-refractivity contribution in [2.75, 3.05) is 26.4 Å². The third-order valence-corrected chi connectivity index (χ3v) is 9.66. The molecule has 0 saturated carbocycles. The van der Waals surface area contributed by atoms with Gasteiger partial charge < -0.3 is 20.5 Å². The van der Waals surface area contributed by atoms with Crippen LogP contribution in [0.4, 0.5) is 8.78 Å². The van der Waals surface area contributed by atoms with Crippen LogP contribution in [0.5, 0.6) is 0 Å². The normalized spacial score (nSPS) is 25.7. The third kappa shape index (κ3) is 5.25. The summed E-state index contributed by atoms with van der Waals surface area (Å²) < 4.78 is 68.8. The number of nitrogens with one attached hydrogen (secondary N) is 1. The first-order chi connectivity index (χ1) is 16.6. The highest BCUT2D eigenvalue weighted by Gasteiger charge is 2.43. The van der Waals surface area contributed by atoms with Crippen LogP contribution in [-0.4, -0.2) is 52.0 Å².